The summed E-state index contributed by atoms with van der Waals surface area (Å²) in [4.78, 5) is 0. The molecule has 0 aromatic heterocycles. The first kappa shape index (κ1) is 13.4. The number of nitrogens with zero attached hydrogens (tertiary/aromatic N) is 1. The molecule has 0 atom stereocenters. The van der Waals surface area contributed by atoms with Gasteiger partial charge in [-0.1, -0.05) is 0 Å². The number of halogens is 2. The van der Waals surface area contributed by atoms with Crippen LogP contribution in [-0.2, 0) is 4.74 Å². The van der Waals surface area contributed by atoms with Gasteiger partial charge in [0, 0.05) is 0 Å². The van der Waals surface area contributed by atoms with Gasteiger partial charge in [-0.25, -0.2) is 9.89 Å². The number of ether oxygens (including phenoxy) is 1. The van der Waals surface area contributed by atoms with Crippen molar-refractivity contribution in [1.82, 2.24) is 5.32 Å². The van der Waals surface area contributed by atoms with Crippen molar-refractivity contribution in [3.63, 3.8) is 0 Å². The highest BCUT2D eigenvalue weighted by Gasteiger charge is 1.99. The maximum absolute atomic E-state index is 4.89. The van der Waals surface area contributed by atoms with E-state index in [4.69, 9.17) is 27.9 Å². The summed E-state index contributed by atoms with van der Waals surface area (Å²) in [7, 11) is 7.27. The van der Waals surface area contributed by atoms with Crippen LogP contribution in [0.25, 0.3) is 0 Å². The smallest absolute Gasteiger partial charge is 0.435 e. The molecule has 0 aliphatic carbocycles. The van der Waals surface area contributed by atoms with Crippen LogP contribution in [0.5, 0.6) is 0 Å². The first-order valence-electron chi connectivity index (χ1n) is 3.01. The summed E-state index contributed by atoms with van der Waals surface area (Å²) < 4.78 is 6.75. The van der Waals surface area contributed by atoms with E-state index in [2.05, 4.69) is 5.32 Å². The lowest BCUT2D eigenvalue weighted by Crippen LogP contribution is -2.28. The SMILES string of the molecule is CNC(OC)=[N+](C)C.ClCCl. The molecule has 3 nitrogen and oxygen atoms in total. The van der Waals surface area contributed by atoms with E-state index >= 15 is 0 Å². The molecule has 68 valence electrons. The van der Waals surface area contributed by atoms with E-state index in [0.717, 1.165) is 6.02 Å². The maximum Gasteiger partial charge on any atom is 0.443 e. The fourth-order valence-electron chi connectivity index (χ4n) is 0.508. The lowest BCUT2D eigenvalue weighted by molar-refractivity contribution is -0.476. The van der Waals surface area contributed by atoms with Gasteiger partial charge < -0.3 is 4.74 Å². The Hall–Kier alpha value is -0.150. The molecule has 0 heterocycles. The van der Waals surface area contributed by atoms with E-state index < -0.39 is 0 Å². The molecule has 0 radical (unpaired) electrons. The highest BCUT2D eigenvalue weighted by atomic mass is 35.5. The molecular weight excluding hydrogens is 187 g/mol. The zero-order chi connectivity index (χ0) is 9.28. The van der Waals surface area contributed by atoms with Crippen molar-refractivity contribution in [2.45, 2.75) is 0 Å². The normalized spacial score (nSPS) is 7.45. The Labute approximate surface area is 77.9 Å². The van der Waals surface area contributed by atoms with Gasteiger partial charge in [0.2, 0.25) is 0 Å². The van der Waals surface area contributed by atoms with Gasteiger partial charge in [-0.15, -0.1) is 23.2 Å². The van der Waals surface area contributed by atoms with E-state index in [-0.39, 0.29) is 5.34 Å². The molecule has 0 spiro atoms. The second-order valence-corrected chi connectivity index (χ2v) is 2.56. The number of hydrogen-bond acceptors (Lipinski definition) is 1. The molecule has 0 aliphatic rings. The highest BCUT2D eigenvalue weighted by molar-refractivity contribution is 6.40. The van der Waals surface area contributed by atoms with Crippen molar-refractivity contribution in [2.24, 2.45) is 0 Å². The van der Waals surface area contributed by atoms with Gasteiger partial charge in [-0.3, -0.25) is 0 Å². The summed E-state index contributed by atoms with van der Waals surface area (Å²) in [6.07, 6.45) is 0. The summed E-state index contributed by atoms with van der Waals surface area (Å²) in [6.45, 7) is 0. The van der Waals surface area contributed by atoms with Crippen LogP contribution in [0.3, 0.4) is 0 Å². The molecule has 0 unspecified atom stereocenters. The highest BCUT2D eigenvalue weighted by Crippen LogP contribution is 1.73. The monoisotopic (exact) mass is 201 g/mol. The molecule has 0 rings (SSSR count). The topological polar surface area (TPSA) is 24.3 Å². The molecule has 0 fully saturated rings. The Morgan fingerprint density at radius 1 is 1.45 bits per heavy atom. The first-order valence-corrected chi connectivity index (χ1v) is 4.08. The standard InChI is InChI=1S/C5H12N2O.CH2Cl2/c1-6-5(8-4)7(2)3;2-1-3/h1-4H3;1H2/p+1. The van der Waals surface area contributed by atoms with Crippen LogP contribution in [-0.4, -0.2) is 44.2 Å². The van der Waals surface area contributed by atoms with Gasteiger partial charge in [0.1, 0.15) is 0 Å². The van der Waals surface area contributed by atoms with E-state index in [1.165, 1.54) is 0 Å². The quantitative estimate of drug-likeness (QED) is 0.273. The third kappa shape index (κ3) is 9.85. The van der Waals surface area contributed by atoms with Crippen LogP contribution in [0, 0.1) is 0 Å². The summed E-state index contributed by atoms with van der Waals surface area (Å²) in [5, 5.41) is 3.07. The Bertz CT molecular complexity index is 107. The Morgan fingerprint density at radius 3 is 1.82 bits per heavy atom. The van der Waals surface area contributed by atoms with Crippen LogP contribution in [0.4, 0.5) is 0 Å². The van der Waals surface area contributed by atoms with Crippen LogP contribution >= 0.6 is 23.2 Å². The zero-order valence-electron chi connectivity index (χ0n) is 7.32. The predicted octanol–water partition coefficient (Wildman–Crippen LogP) is 0.902. The van der Waals surface area contributed by atoms with Gasteiger partial charge >= 0.3 is 6.02 Å². The van der Waals surface area contributed by atoms with E-state index in [1.807, 2.05) is 25.7 Å². The molecule has 0 saturated carbocycles. The molecule has 0 saturated heterocycles. The average Bonchev–Trinajstić information content (AvgIpc) is 1.91. The predicted molar refractivity (Wildman–Crippen MR) is 49.8 cm³/mol. The van der Waals surface area contributed by atoms with Crippen LogP contribution in [0.15, 0.2) is 0 Å². The minimum absolute atomic E-state index is 0.194. The fraction of sp³-hybridized carbons (Fsp3) is 0.833. The molecule has 0 amide bonds. The summed E-state index contributed by atoms with van der Waals surface area (Å²) in [5.41, 5.74) is 0. The maximum atomic E-state index is 4.89. The lowest BCUT2D eigenvalue weighted by atomic mass is 10.9. The Kier molecular flexibility index (Phi) is 12.0. The summed E-state index contributed by atoms with van der Waals surface area (Å²) >= 11 is 9.53. The van der Waals surface area contributed by atoms with Crippen molar-refractivity contribution in [3.05, 3.63) is 0 Å². The second kappa shape index (κ2) is 9.85. The molecular formula is C6H15Cl2N2O+. The number of rotatable bonds is 0. The largest absolute Gasteiger partial charge is 0.443 e. The van der Waals surface area contributed by atoms with E-state index in [9.17, 15) is 0 Å². The van der Waals surface area contributed by atoms with Gasteiger partial charge in [0.25, 0.3) is 0 Å². The molecule has 0 bridgehead atoms. The first-order chi connectivity index (χ1) is 5.13. The van der Waals surface area contributed by atoms with Gasteiger partial charge in [0.15, 0.2) is 0 Å². The summed E-state index contributed by atoms with van der Waals surface area (Å²) in [6, 6.07) is 0.769. The molecule has 0 aromatic rings. The van der Waals surface area contributed by atoms with Crippen LogP contribution in [0.2, 0.25) is 0 Å². The molecule has 1 N–H and O–H groups in total. The van der Waals surface area contributed by atoms with E-state index in [1.54, 1.807) is 7.11 Å². The van der Waals surface area contributed by atoms with Crippen molar-refractivity contribution in [3.8, 4) is 0 Å². The zero-order valence-corrected chi connectivity index (χ0v) is 8.83. The van der Waals surface area contributed by atoms with Crippen LogP contribution < -0.4 is 5.32 Å². The molecule has 0 aromatic carbocycles. The number of hydrogen-bond donors (Lipinski definition) is 1. The number of methoxy groups -OCH3 is 1. The third-order valence-electron chi connectivity index (χ3n) is 0.813. The van der Waals surface area contributed by atoms with Crippen molar-refractivity contribution in [2.75, 3.05) is 33.6 Å². The van der Waals surface area contributed by atoms with E-state index in [0.29, 0.717) is 0 Å². The van der Waals surface area contributed by atoms with Gasteiger partial charge in [-0.05, 0) is 0 Å². The van der Waals surface area contributed by atoms with Crippen LogP contribution in [0.1, 0.15) is 0 Å². The fourth-order valence-corrected chi connectivity index (χ4v) is 0.508. The Morgan fingerprint density at radius 2 is 1.82 bits per heavy atom. The lowest BCUT2D eigenvalue weighted by Gasteiger charge is -1.97. The van der Waals surface area contributed by atoms with Gasteiger partial charge in [0.05, 0.1) is 33.6 Å². The minimum atomic E-state index is 0.194. The van der Waals surface area contributed by atoms with Crippen molar-refractivity contribution in [1.29, 1.82) is 0 Å². The molecule has 11 heavy (non-hydrogen) atoms. The number of amidine groups is 1. The molecule has 0 aliphatic heterocycles. The second-order valence-electron chi connectivity index (χ2n) is 1.75. The number of alkyl halides is 2. The van der Waals surface area contributed by atoms with Crippen molar-refractivity contribution >= 4 is 29.2 Å². The summed E-state index contributed by atoms with van der Waals surface area (Å²) in [5.74, 6) is 0. The Balaban J connectivity index is 0. The minimum Gasteiger partial charge on any atom is -0.435 e. The van der Waals surface area contributed by atoms with Crippen molar-refractivity contribution < 1.29 is 9.31 Å². The van der Waals surface area contributed by atoms with Gasteiger partial charge in [-0.2, -0.15) is 0 Å². The number of nitrogens with one attached hydrogen (secondary N) is 1. The third-order valence-corrected chi connectivity index (χ3v) is 0.813. The average molecular weight is 202 g/mol. The molecule has 5 heteroatoms.